The highest BCUT2D eigenvalue weighted by atomic mass is 32.2. The minimum Gasteiger partial charge on any atom is -0.496 e. The van der Waals surface area contributed by atoms with Crippen LogP contribution in [0.2, 0.25) is 0 Å². The molecule has 0 bridgehead atoms. The molecule has 0 radical (unpaired) electrons. The van der Waals surface area contributed by atoms with Crippen molar-refractivity contribution in [1.29, 1.82) is 5.26 Å². The Kier molecular flexibility index (Phi) is 6.38. The summed E-state index contributed by atoms with van der Waals surface area (Å²) in [5.74, 6) is 1.20. The molecule has 1 unspecified atom stereocenters. The molecule has 0 fully saturated rings. The van der Waals surface area contributed by atoms with Gasteiger partial charge in [0.05, 0.1) is 23.5 Å². The fourth-order valence-electron chi connectivity index (χ4n) is 4.21. The van der Waals surface area contributed by atoms with E-state index < -0.39 is 15.3 Å². The van der Waals surface area contributed by atoms with Crippen molar-refractivity contribution in [3.8, 4) is 11.8 Å². The maximum absolute atomic E-state index is 12.6. The number of benzene rings is 2. The van der Waals surface area contributed by atoms with E-state index in [1.807, 2.05) is 6.07 Å². The van der Waals surface area contributed by atoms with Gasteiger partial charge >= 0.3 is 0 Å². The van der Waals surface area contributed by atoms with E-state index in [1.165, 1.54) is 11.1 Å². The first kappa shape index (κ1) is 22.1. The summed E-state index contributed by atoms with van der Waals surface area (Å²) in [6, 6.07) is 15.1. The van der Waals surface area contributed by atoms with Crippen LogP contribution in [-0.2, 0) is 21.7 Å². The molecule has 2 aromatic carbocycles. The smallest absolute Gasteiger partial charge is 0.202 e. The molecule has 0 aliphatic heterocycles. The molecule has 1 atom stereocenters. The standard InChI is InChI=1S/C25H29NO3S/c1-18(2)22-14-20-16-25(17-26,23(20)15-24(22)29-4)13-9-8-10-19(3)30(27,28)21-11-6-5-7-12-21/h5-7,11-12,14-15,18H,3,8-10,13,16H2,1-2,4H3. The summed E-state index contributed by atoms with van der Waals surface area (Å²) in [6.07, 6.45) is 3.31. The van der Waals surface area contributed by atoms with Gasteiger partial charge in [-0.1, -0.05) is 51.1 Å². The van der Waals surface area contributed by atoms with Crippen LogP contribution in [-0.4, -0.2) is 15.5 Å². The Labute approximate surface area is 180 Å². The van der Waals surface area contributed by atoms with Gasteiger partial charge in [-0.3, -0.25) is 0 Å². The van der Waals surface area contributed by atoms with Crippen LogP contribution in [0, 0.1) is 11.3 Å². The second kappa shape index (κ2) is 8.65. The Hall–Kier alpha value is -2.58. The lowest BCUT2D eigenvalue weighted by Gasteiger charge is -2.39. The fraction of sp³-hybridized carbons (Fsp3) is 0.400. The van der Waals surface area contributed by atoms with Crippen molar-refractivity contribution in [1.82, 2.24) is 0 Å². The number of ether oxygens (including phenoxy) is 1. The minimum absolute atomic E-state index is 0.233. The first-order valence-corrected chi connectivity index (χ1v) is 11.8. The average molecular weight is 424 g/mol. The third-order valence-electron chi connectivity index (χ3n) is 6.04. The highest BCUT2D eigenvalue weighted by Gasteiger charge is 2.43. The zero-order valence-corrected chi connectivity index (χ0v) is 18.8. The van der Waals surface area contributed by atoms with E-state index in [0.717, 1.165) is 24.2 Å². The second-order valence-electron chi connectivity index (χ2n) is 8.34. The van der Waals surface area contributed by atoms with E-state index >= 15 is 0 Å². The van der Waals surface area contributed by atoms with Crippen LogP contribution in [0.1, 0.15) is 62.1 Å². The number of sulfone groups is 1. The molecule has 158 valence electrons. The van der Waals surface area contributed by atoms with E-state index in [2.05, 4.69) is 32.6 Å². The zero-order valence-electron chi connectivity index (χ0n) is 17.9. The molecule has 3 rings (SSSR count). The molecular weight excluding hydrogens is 394 g/mol. The lowest BCUT2D eigenvalue weighted by molar-refractivity contribution is 0.390. The van der Waals surface area contributed by atoms with Gasteiger partial charge in [0.15, 0.2) is 0 Å². The van der Waals surface area contributed by atoms with Crippen molar-refractivity contribution in [2.45, 2.75) is 62.2 Å². The van der Waals surface area contributed by atoms with Crippen LogP contribution in [0.25, 0.3) is 0 Å². The third kappa shape index (κ3) is 4.02. The fourth-order valence-corrected chi connectivity index (χ4v) is 5.47. The Balaban J connectivity index is 1.64. The first-order valence-electron chi connectivity index (χ1n) is 10.4. The number of hydrogen-bond acceptors (Lipinski definition) is 4. The van der Waals surface area contributed by atoms with Crippen LogP contribution in [0.5, 0.6) is 5.75 Å². The van der Waals surface area contributed by atoms with Crippen LogP contribution in [0.15, 0.2) is 58.8 Å². The number of nitriles is 1. The molecule has 4 nitrogen and oxygen atoms in total. The highest BCUT2D eigenvalue weighted by molar-refractivity contribution is 7.95. The maximum atomic E-state index is 12.6. The van der Waals surface area contributed by atoms with Crippen molar-refractivity contribution in [3.63, 3.8) is 0 Å². The van der Waals surface area contributed by atoms with Gasteiger partial charge in [-0.2, -0.15) is 5.26 Å². The summed E-state index contributed by atoms with van der Waals surface area (Å²) in [6.45, 7) is 8.08. The van der Waals surface area contributed by atoms with Crippen molar-refractivity contribution in [2.24, 2.45) is 0 Å². The lowest BCUT2D eigenvalue weighted by Crippen LogP contribution is -2.37. The monoisotopic (exact) mass is 423 g/mol. The summed E-state index contributed by atoms with van der Waals surface area (Å²) in [5.41, 5.74) is 2.95. The van der Waals surface area contributed by atoms with E-state index in [1.54, 1.807) is 37.4 Å². The van der Waals surface area contributed by atoms with Gasteiger partial charge in [0.25, 0.3) is 0 Å². The predicted octanol–water partition coefficient (Wildman–Crippen LogP) is 5.68. The molecule has 0 N–H and O–H groups in total. The minimum atomic E-state index is -3.50. The molecule has 1 aliphatic rings. The van der Waals surface area contributed by atoms with Crippen LogP contribution < -0.4 is 4.74 Å². The number of hydrogen-bond donors (Lipinski definition) is 0. The SMILES string of the molecule is C=C(CCCCC1(C#N)Cc2cc(C(C)C)c(OC)cc21)S(=O)(=O)c1ccccc1. The van der Waals surface area contributed by atoms with E-state index in [0.29, 0.717) is 25.2 Å². The number of fused-ring (bicyclic) bond motifs is 1. The van der Waals surface area contributed by atoms with E-state index in [9.17, 15) is 13.7 Å². The molecule has 0 amide bonds. The van der Waals surface area contributed by atoms with Gasteiger partial charge < -0.3 is 4.74 Å². The molecule has 0 saturated heterocycles. The second-order valence-corrected chi connectivity index (χ2v) is 10.4. The Bertz CT molecular complexity index is 1080. The molecule has 30 heavy (non-hydrogen) atoms. The van der Waals surface area contributed by atoms with Gasteiger partial charge in [0, 0.05) is 4.91 Å². The van der Waals surface area contributed by atoms with Crippen LogP contribution in [0.3, 0.4) is 0 Å². The van der Waals surface area contributed by atoms with Crippen molar-refractivity contribution < 1.29 is 13.2 Å². The van der Waals surface area contributed by atoms with Gasteiger partial charge in [-0.25, -0.2) is 8.42 Å². The van der Waals surface area contributed by atoms with E-state index in [-0.39, 0.29) is 9.80 Å². The number of allylic oxidation sites excluding steroid dienone is 1. The third-order valence-corrected chi connectivity index (χ3v) is 7.90. The molecule has 0 saturated carbocycles. The summed E-state index contributed by atoms with van der Waals surface area (Å²) >= 11 is 0. The summed E-state index contributed by atoms with van der Waals surface area (Å²) in [7, 11) is -1.83. The number of unbranched alkanes of at least 4 members (excludes halogenated alkanes) is 1. The average Bonchev–Trinajstić information content (AvgIpc) is 2.74. The number of methoxy groups -OCH3 is 1. The lowest BCUT2D eigenvalue weighted by atomic mass is 9.62. The summed E-state index contributed by atoms with van der Waals surface area (Å²) in [5, 5.41) is 9.91. The van der Waals surface area contributed by atoms with Gasteiger partial charge in [-0.15, -0.1) is 0 Å². The molecule has 1 aliphatic carbocycles. The van der Waals surface area contributed by atoms with Crippen molar-refractivity contribution in [3.05, 3.63) is 70.6 Å². The molecular formula is C25H29NO3S. The Morgan fingerprint density at radius 1 is 1.23 bits per heavy atom. The Morgan fingerprint density at radius 3 is 2.53 bits per heavy atom. The van der Waals surface area contributed by atoms with Crippen LogP contribution >= 0.6 is 0 Å². The quantitative estimate of drug-likeness (QED) is 0.486. The summed E-state index contributed by atoms with van der Waals surface area (Å²) < 4.78 is 30.8. The Morgan fingerprint density at radius 2 is 1.93 bits per heavy atom. The first-order chi connectivity index (χ1) is 14.2. The molecule has 5 heteroatoms. The predicted molar refractivity (Wildman–Crippen MR) is 119 cm³/mol. The zero-order chi connectivity index (χ0) is 21.9. The largest absolute Gasteiger partial charge is 0.496 e. The van der Waals surface area contributed by atoms with Gasteiger partial charge in [0.2, 0.25) is 9.84 Å². The van der Waals surface area contributed by atoms with Crippen molar-refractivity contribution >= 4 is 9.84 Å². The molecule has 0 heterocycles. The van der Waals surface area contributed by atoms with Gasteiger partial charge in [-0.05, 0) is 66.5 Å². The number of rotatable bonds is 9. The topological polar surface area (TPSA) is 67.2 Å². The van der Waals surface area contributed by atoms with Gasteiger partial charge in [0.1, 0.15) is 5.75 Å². The summed E-state index contributed by atoms with van der Waals surface area (Å²) in [4.78, 5) is 0.515. The van der Waals surface area contributed by atoms with E-state index in [4.69, 9.17) is 4.74 Å². The molecule has 0 spiro atoms. The molecule has 0 aromatic heterocycles. The number of nitrogens with zero attached hydrogens (tertiary/aromatic N) is 1. The van der Waals surface area contributed by atoms with Crippen LogP contribution in [0.4, 0.5) is 0 Å². The maximum Gasteiger partial charge on any atom is 0.202 e. The van der Waals surface area contributed by atoms with Crippen molar-refractivity contribution in [2.75, 3.05) is 7.11 Å². The highest BCUT2D eigenvalue weighted by Crippen LogP contribution is 2.48. The normalized spacial score (nSPS) is 17.7. The molecule has 2 aromatic rings.